The summed E-state index contributed by atoms with van der Waals surface area (Å²) in [5, 5.41) is 10.8. The Morgan fingerprint density at radius 1 is 1.12 bits per heavy atom. The fourth-order valence-electron chi connectivity index (χ4n) is 5.97. The molecule has 4 bridgehead atoms. The molecular formula is C19H24N2O3. The maximum atomic E-state index is 13.1. The van der Waals surface area contributed by atoms with E-state index in [-0.39, 0.29) is 17.1 Å². The Morgan fingerprint density at radius 2 is 1.62 bits per heavy atom. The third-order valence-corrected chi connectivity index (χ3v) is 6.46. The molecule has 4 aliphatic carbocycles. The number of non-ortho nitro benzene ring substituents is 1. The van der Waals surface area contributed by atoms with Crippen LogP contribution in [0.3, 0.4) is 0 Å². The van der Waals surface area contributed by atoms with Crippen molar-refractivity contribution in [1.82, 2.24) is 4.90 Å². The Labute approximate surface area is 142 Å². The van der Waals surface area contributed by atoms with E-state index in [1.54, 1.807) is 12.1 Å². The summed E-state index contributed by atoms with van der Waals surface area (Å²) in [5.41, 5.74) is 0.630. The van der Waals surface area contributed by atoms with Crippen molar-refractivity contribution >= 4 is 11.6 Å². The average Bonchev–Trinajstić information content (AvgIpc) is 2.54. The monoisotopic (exact) mass is 328 g/mol. The summed E-state index contributed by atoms with van der Waals surface area (Å²) in [6, 6.07) is 6.06. The van der Waals surface area contributed by atoms with Gasteiger partial charge in [-0.2, -0.15) is 0 Å². The van der Waals surface area contributed by atoms with Gasteiger partial charge in [-0.3, -0.25) is 14.9 Å². The van der Waals surface area contributed by atoms with E-state index in [0.29, 0.717) is 12.1 Å². The van der Waals surface area contributed by atoms with Crippen LogP contribution < -0.4 is 0 Å². The molecule has 4 saturated carbocycles. The summed E-state index contributed by atoms with van der Waals surface area (Å²) < 4.78 is 0. The van der Waals surface area contributed by atoms with Crippen LogP contribution in [0.1, 0.15) is 55.8 Å². The molecule has 0 unspecified atom stereocenters. The minimum Gasteiger partial charge on any atom is -0.333 e. The van der Waals surface area contributed by atoms with Crippen LogP contribution in [0.15, 0.2) is 24.3 Å². The lowest BCUT2D eigenvalue weighted by atomic mass is 9.52. The van der Waals surface area contributed by atoms with E-state index in [0.717, 1.165) is 37.0 Å². The van der Waals surface area contributed by atoms with Crippen molar-refractivity contribution in [2.45, 2.75) is 51.0 Å². The quantitative estimate of drug-likeness (QED) is 0.619. The van der Waals surface area contributed by atoms with Crippen molar-refractivity contribution in [1.29, 1.82) is 0 Å². The summed E-state index contributed by atoms with van der Waals surface area (Å²) in [5.74, 6) is 2.40. The van der Waals surface area contributed by atoms with E-state index in [1.807, 2.05) is 0 Å². The molecule has 4 fully saturated rings. The lowest BCUT2D eigenvalue weighted by molar-refractivity contribution is -0.384. The zero-order valence-electron chi connectivity index (χ0n) is 14.1. The maximum Gasteiger partial charge on any atom is 0.269 e. The molecule has 5 heteroatoms. The molecule has 128 valence electrons. The molecular weight excluding hydrogens is 304 g/mol. The minimum atomic E-state index is -0.426. The second-order valence-corrected chi connectivity index (χ2v) is 8.00. The lowest BCUT2D eigenvalue weighted by Gasteiger charge is -2.60. The normalized spacial score (nSPS) is 33.5. The van der Waals surface area contributed by atoms with E-state index in [2.05, 4.69) is 11.8 Å². The van der Waals surface area contributed by atoms with Crippen LogP contribution in [0.25, 0.3) is 0 Å². The van der Waals surface area contributed by atoms with Gasteiger partial charge in [0.1, 0.15) is 0 Å². The van der Waals surface area contributed by atoms with Gasteiger partial charge in [-0.1, -0.05) is 0 Å². The van der Waals surface area contributed by atoms with Crippen LogP contribution in [0.2, 0.25) is 0 Å². The molecule has 24 heavy (non-hydrogen) atoms. The number of nitrogens with zero attached hydrogens (tertiary/aromatic N) is 2. The number of carbonyl (C=O) groups is 1. The van der Waals surface area contributed by atoms with Gasteiger partial charge in [-0.15, -0.1) is 0 Å². The highest BCUT2D eigenvalue weighted by Gasteiger charge is 2.54. The van der Waals surface area contributed by atoms with Crippen molar-refractivity contribution in [2.75, 3.05) is 6.54 Å². The second kappa shape index (κ2) is 5.57. The zero-order chi connectivity index (χ0) is 16.9. The molecule has 0 aromatic heterocycles. The van der Waals surface area contributed by atoms with Gasteiger partial charge >= 0.3 is 0 Å². The van der Waals surface area contributed by atoms with E-state index in [1.165, 1.54) is 31.4 Å². The Bertz CT molecular complexity index is 632. The molecule has 0 saturated heterocycles. The van der Waals surface area contributed by atoms with Crippen LogP contribution in [-0.4, -0.2) is 27.8 Å². The Balaban J connectivity index is 1.61. The third-order valence-electron chi connectivity index (χ3n) is 6.46. The predicted octanol–water partition coefficient (Wildman–Crippen LogP) is 4.03. The maximum absolute atomic E-state index is 13.1. The summed E-state index contributed by atoms with van der Waals surface area (Å²) >= 11 is 0. The van der Waals surface area contributed by atoms with E-state index in [4.69, 9.17) is 0 Å². The number of hydrogen-bond acceptors (Lipinski definition) is 3. The molecule has 1 amide bonds. The Kier molecular flexibility index (Phi) is 3.62. The van der Waals surface area contributed by atoms with Crippen LogP contribution in [0.5, 0.6) is 0 Å². The van der Waals surface area contributed by atoms with Gasteiger partial charge in [-0.05, 0) is 75.3 Å². The Hall–Kier alpha value is -1.91. The molecule has 0 heterocycles. The molecule has 1 aromatic rings. The molecule has 0 aliphatic heterocycles. The highest BCUT2D eigenvalue weighted by Crippen LogP contribution is 2.57. The largest absolute Gasteiger partial charge is 0.333 e. The first-order chi connectivity index (χ1) is 11.5. The average molecular weight is 328 g/mol. The smallest absolute Gasteiger partial charge is 0.269 e. The highest BCUT2D eigenvalue weighted by molar-refractivity contribution is 5.95. The van der Waals surface area contributed by atoms with Crippen LogP contribution >= 0.6 is 0 Å². The molecule has 5 nitrogen and oxygen atoms in total. The lowest BCUT2D eigenvalue weighted by Crippen LogP contribution is -2.61. The van der Waals surface area contributed by atoms with Crippen LogP contribution in [-0.2, 0) is 0 Å². The molecule has 0 N–H and O–H groups in total. The number of rotatable bonds is 4. The summed E-state index contributed by atoms with van der Waals surface area (Å²) in [6.07, 6.45) is 7.48. The standard InChI is InChI=1S/C19H24N2O3/c1-2-20(18(22)16-3-5-17(6-4-16)21(23)24)19-10-13-7-14(11-19)9-15(8-13)12-19/h3-6,13-15H,2,7-12H2,1H3. The number of benzene rings is 1. The first-order valence-corrected chi connectivity index (χ1v) is 9.07. The van der Waals surface area contributed by atoms with E-state index >= 15 is 0 Å². The third kappa shape index (κ3) is 2.41. The molecule has 1 aromatic carbocycles. The Morgan fingerprint density at radius 3 is 2.04 bits per heavy atom. The first-order valence-electron chi connectivity index (χ1n) is 9.07. The zero-order valence-corrected chi connectivity index (χ0v) is 14.1. The SMILES string of the molecule is CCN(C(=O)c1ccc([N+](=O)[O-])cc1)C12CC3CC(CC(C3)C1)C2. The fourth-order valence-corrected chi connectivity index (χ4v) is 5.97. The van der Waals surface area contributed by atoms with Gasteiger partial charge in [0.2, 0.25) is 0 Å². The number of nitro benzene ring substituents is 1. The second-order valence-electron chi connectivity index (χ2n) is 8.00. The predicted molar refractivity (Wildman–Crippen MR) is 90.7 cm³/mol. The van der Waals surface area contributed by atoms with Crippen molar-refractivity contribution < 1.29 is 9.72 Å². The van der Waals surface area contributed by atoms with Gasteiger partial charge in [0, 0.05) is 29.8 Å². The van der Waals surface area contributed by atoms with Gasteiger partial charge in [0.05, 0.1) is 4.92 Å². The highest BCUT2D eigenvalue weighted by atomic mass is 16.6. The number of hydrogen-bond donors (Lipinski definition) is 0. The number of nitro groups is 1. The molecule has 5 rings (SSSR count). The van der Waals surface area contributed by atoms with Crippen molar-refractivity contribution in [3.05, 3.63) is 39.9 Å². The molecule has 0 radical (unpaired) electrons. The van der Waals surface area contributed by atoms with Crippen molar-refractivity contribution in [3.63, 3.8) is 0 Å². The van der Waals surface area contributed by atoms with Gasteiger partial charge in [-0.25, -0.2) is 0 Å². The first kappa shape index (κ1) is 15.6. The summed E-state index contributed by atoms with van der Waals surface area (Å²) in [6.45, 7) is 2.77. The van der Waals surface area contributed by atoms with Crippen LogP contribution in [0, 0.1) is 27.9 Å². The van der Waals surface area contributed by atoms with Crippen LogP contribution in [0.4, 0.5) is 5.69 Å². The number of amides is 1. The van der Waals surface area contributed by atoms with Crippen molar-refractivity contribution in [2.24, 2.45) is 17.8 Å². The fraction of sp³-hybridized carbons (Fsp3) is 0.632. The van der Waals surface area contributed by atoms with Crippen molar-refractivity contribution in [3.8, 4) is 0 Å². The molecule has 0 atom stereocenters. The molecule has 0 spiro atoms. The van der Waals surface area contributed by atoms with Gasteiger partial charge < -0.3 is 4.90 Å². The number of carbonyl (C=O) groups excluding carboxylic acids is 1. The van der Waals surface area contributed by atoms with Gasteiger partial charge in [0.25, 0.3) is 11.6 Å². The van der Waals surface area contributed by atoms with Gasteiger partial charge in [0.15, 0.2) is 0 Å². The summed E-state index contributed by atoms with van der Waals surface area (Å²) in [4.78, 5) is 25.6. The van der Waals surface area contributed by atoms with E-state index in [9.17, 15) is 14.9 Å². The van der Waals surface area contributed by atoms with E-state index < -0.39 is 4.92 Å². The molecule has 4 aliphatic rings. The summed E-state index contributed by atoms with van der Waals surface area (Å²) in [7, 11) is 0. The minimum absolute atomic E-state index is 0.0301. The topological polar surface area (TPSA) is 63.5 Å².